The average molecular weight is 286 g/mol. The topological polar surface area (TPSA) is 75.9 Å². The Morgan fingerprint density at radius 2 is 1.95 bits per heavy atom. The van der Waals surface area contributed by atoms with Crippen LogP contribution in [0.2, 0.25) is 0 Å². The number of nitrogens with zero attached hydrogens (tertiary/aromatic N) is 5. The second-order valence-corrected chi connectivity index (χ2v) is 5.40. The van der Waals surface area contributed by atoms with Gasteiger partial charge in [-0.05, 0) is 26.0 Å². The fourth-order valence-corrected chi connectivity index (χ4v) is 2.38. The van der Waals surface area contributed by atoms with Crippen LogP contribution in [0.3, 0.4) is 0 Å². The quantitative estimate of drug-likeness (QED) is 0.886. The van der Waals surface area contributed by atoms with Crippen molar-refractivity contribution >= 4 is 11.9 Å². The summed E-state index contributed by atoms with van der Waals surface area (Å²) in [7, 11) is 1.79. The Hall–Kier alpha value is -2.44. The van der Waals surface area contributed by atoms with E-state index < -0.39 is 0 Å². The fourth-order valence-electron chi connectivity index (χ4n) is 2.38. The molecule has 1 fully saturated rings. The third kappa shape index (κ3) is 2.86. The Kier molecular flexibility index (Phi) is 3.32. The number of amides is 1. The van der Waals surface area contributed by atoms with Crippen molar-refractivity contribution in [2.24, 2.45) is 7.05 Å². The molecule has 1 amide bonds. The normalized spacial score (nSPS) is 14.9. The maximum Gasteiger partial charge on any atom is 0.272 e. The first kappa shape index (κ1) is 13.5. The fraction of sp³-hybridized carbons (Fsp3) is 0.429. The van der Waals surface area contributed by atoms with Gasteiger partial charge in [0, 0.05) is 37.7 Å². The molecule has 1 aliphatic rings. The third-order valence-corrected chi connectivity index (χ3v) is 3.42. The molecule has 0 unspecified atom stereocenters. The summed E-state index contributed by atoms with van der Waals surface area (Å²) in [5, 5.41) is 7.05. The van der Waals surface area contributed by atoms with Crippen LogP contribution in [0.15, 0.2) is 18.3 Å². The van der Waals surface area contributed by atoms with E-state index in [9.17, 15) is 4.79 Å². The Morgan fingerprint density at radius 3 is 2.52 bits per heavy atom. The van der Waals surface area contributed by atoms with Gasteiger partial charge >= 0.3 is 0 Å². The first-order valence-corrected chi connectivity index (χ1v) is 6.89. The van der Waals surface area contributed by atoms with E-state index in [0.29, 0.717) is 5.69 Å². The molecule has 0 bridgehead atoms. The van der Waals surface area contributed by atoms with E-state index in [1.165, 1.54) is 0 Å². The molecule has 0 spiro atoms. The molecule has 0 aliphatic carbocycles. The molecule has 0 saturated carbocycles. The van der Waals surface area contributed by atoms with Gasteiger partial charge in [-0.2, -0.15) is 5.10 Å². The van der Waals surface area contributed by atoms with Gasteiger partial charge in [-0.1, -0.05) is 0 Å². The number of hydrogen-bond acceptors (Lipinski definition) is 5. The third-order valence-electron chi connectivity index (χ3n) is 3.42. The molecule has 1 N–H and O–H groups in total. The number of carbonyl (C=O) groups is 1. The number of carbonyl (C=O) groups excluding carboxylic acids is 1. The molecule has 1 saturated heterocycles. The highest BCUT2D eigenvalue weighted by atomic mass is 16.2. The van der Waals surface area contributed by atoms with Gasteiger partial charge < -0.3 is 10.2 Å². The van der Waals surface area contributed by atoms with Crippen molar-refractivity contribution in [3.05, 3.63) is 35.4 Å². The van der Waals surface area contributed by atoms with E-state index in [0.717, 1.165) is 30.4 Å². The molecule has 3 rings (SSSR count). The van der Waals surface area contributed by atoms with Gasteiger partial charge in [0.2, 0.25) is 5.95 Å². The van der Waals surface area contributed by atoms with Crippen LogP contribution in [0, 0.1) is 13.8 Å². The van der Waals surface area contributed by atoms with Gasteiger partial charge in [0.25, 0.3) is 5.91 Å². The zero-order chi connectivity index (χ0) is 15.0. The molecule has 0 atom stereocenters. The SMILES string of the molecule is Cc1cc(C)nc(N2CC(NC(=O)c3ccn(C)n3)C2)n1. The minimum atomic E-state index is -0.137. The van der Waals surface area contributed by atoms with Crippen molar-refractivity contribution in [1.82, 2.24) is 25.1 Å². The predicted octanol–water partition coefficient (Wildman–Crippen LogP) is 0.446. The molecule has 1 aliphatic heterocycles. The highest BCUT2D eigenvalue weighted by molar-refractivity contribution is 5.92. The van der Waals surface area contributed by atoms with Crippen LogP contribution in [0.4, 0.5) is 5.95 Å². The molecule has 21 heavy (non-hydrogen) atoms. The minimum Gasteiger partial charge on any atom is -0.344 e. The molecule has 0 aromatic carbocycles. The first-order valence-electron chi connectivity index (χ1n) is 6.89. The van der Waals surface area contributed by atoms with E-state index in [4.69, 9.17) is 0 Å². The monoisotopic (exact) mass is 286 g/mol. The number of nitrogens with one attached hydrogen (secondary N) is 1. The zero-order valence-corrected chi connectivity index (χ0v) is 12.4. The van der Waals surface area contributed by atoms with E-state index in [-0.39, 0.29) is 11.9 Å². The van der Waals surface area contributed by atoms with Crippen molar-refractivity contribution in [3.63, 3.8) is 0 Å². The van der Waals surface area contributed by atoms with Crippen LogP contribution in [0.5, 0.6) is 0 Å². The second kappa shape index (κ2) is 5.16. The zero-order valence-electron chi connectivity index (χ0n) is 12.4. The highest BCUT2D eigenvalue weighted by Crippen LogP contribution is 2.17. The van der Waals surface area contributed by atoms with E-state index in [2.05, 4.69) is 25.3 Å². The van der Waals surface area contributed by atoms with Gasteiger partial charge in [0.15, 0.2) is 0 Å². The van der Waals surface area contributed by atoms with Gasteiger partial charge in [0.05, 0.1) is 6.04 Å². The molecular weight excluding hydrogens is 268 g/mol. The molecular formula is C14H18N6O. The summed E-state index contributed by atoms with van der Waals surface area (Å²) in [5.74, 6) is 0.595. The Bertz CT molecular complexity index is 654. The van der Waals surface area contributed by atoms with E-state index in [1.807, 2.05) is 19.9 Å². The Balaban J connectivity index is 1.57. The van der Waals surface area contributed by atoms with Crippen molar-refractivity contribution in [2.75, 3.05) is 18.0 Å². The van der Waals surface area contributed by atoms with Gasteiger partial charge in [0.1, 0.15) is 5.69 Å². The molecule has 3 heterocycles. The lowest BCUT2D eigenvalue weighted by molar-refractivity contribution is 0.0924. The van der Waals surface area contributed by atoms with E-state index >= 15 is 0 Å². The highest BCUT2D eigenvalue weighted by Gasteiger charge is 2.30. The van der Waals surface area contributed by atoms with E-state index in [1.54, 1.807) is 24.0 Å². The molecule has 2 aromatic heterocycles. The first-order chi connectivity index (χ1) is 10.0. The van der Waals surface area contributed by atoms with Crippen LogP contribution in [0.25, 0.3) is 0 Å². The van der Waals surface area contributed by atoms with Gasteiger partial charge in [-0.15, -0.1) is 0 Å². The van der Waals surface area contributed by atoms with Crippen molar-refractivity contribution in [3.8, 4) is 0 Å². The Morgan fingerprint density at radius 1 is 1.29 bits per heavy atom. The van der Waals surface area contributed by atoms with Crippen LogP contribution in [-0.4, -0.2) is 44.8 Å². The van der Waals surface area contributed by atoms with Crippen LogP contribution >= 0.6 is 0 Å². The van der Waals surface area contributed by atoms with Gasteiger partial charge in [-0.3, -0.25) is 9.48 Å². The molecule has 0 radical (unpaired) electrons. The number of anilines is 1. The van der Waals surface area contributed by atoms with Crippen LogP contribution < -0.4 is 10.2 Å². The summed E-state index contributed by atoms with van der Waals surface area (Å²) in [6.45, 7) is 5.36. The lowest BCUT2D eigenvalue weighted by Gasteiger charge is -2.39. The summed E-state index contributed by atoms with van der Waals surface area (Å²) >= 11 is 0. The lowest BCUT2D eigenvalue weighted by atomic mass is 10.1. The summed E-state index contributed by atoms with van der Waals surface area (Å²) in [6, 6.07) is 3.77. The van der Waals surface area contributed by atoms with Crippen molar-refractivity contribution in [1.29, 1.82) is 0 Å². The Labute approximate surface area is 123 Å². The summed E-state index contributed by atoms with van der Waals surface area (Å²) in [4.78, 5) is 22.9. The minimum absolute atomic E-state index is 0.115. The number of hydrogen-bond donors (Lipinski definition) is 1. The maximum absolute atomic E-state index is 12.0. The number of aryl methyl sites for hydroxylation is 3. The maximum atomic E-state index is 12.0. The summed E-state index contributed by atoms with van der Waals surface area (Å²) in [5.41, 5.74) is 2.36. The summed E-state index contributed by atoms with van der Waals surface area (Å²) in [6.07, 6.45) is 1.76. The molecule has 110 valence electrons. The average Bonchev–Trinajstić information content (AvgIpc) is 2.78. The molecule has 7 heteroatoms. The van der Waals surface area contributed by atoms with Crippen LogP contribution in [0.1, 0.15) is 21.9 Å². The lowest BCUT2D eigenvalue weighted by Crippen LogP contribution is -2.60. The number of rotatable bonds is 3. The van der Waals surface area contributed by atoms with Gasteiger partial charge in [-0.25, -0.2) is 9.97 Å². The smallest absolute Gasteiger partial charge is 0.272 e. The van der Waals surface area contributed by atoms with Crippen molar-refractivity contribution < 1.29 is 4.79 Å². The standard InChI is InChI=1S/C14H18N6O/c1-9-6-10(2)16-14(15-9)20-7-11(8-20)17-13(21)12-4-5-19(3)18-12/h4-6,11H,7-8H2,1-3H3,(H,17,21). The molecule has 2 aromatic rings. The van der Waals surface area contributed by atoms with Crippen molar-refractivity contribution in [2.45, 2.75) is 19.9 Å². The largest absolute Gasteiger partial charge is 0.344 e. The molecule has 7 nitrogen and oxygen atoms in total. The second-order valence-electron chi connectivity index (χ2n) is 5.40. The predicted molar refractivity (Wildman–Crippen MR) is 78.2 cm³/mol. The summed E-state index contributed by atoms with van der Waals surface area (Å²) < 4.78 is 1.62. The van der Waals surface area contributed by atoms with Crippen LogP contribution in [-0.2, 0) is 7.05 Å². The number of aromatic nitrogens is 4.